The molecule has 1 aliphatic rings. The smallest absolute Gasteiger partial charge is 0.189 e. The molecule has 0 spiro atoms. The number of rotatable bonds is 6. The molecule has 1 unspecified atom stereocenters. The van der Waals surface area contributed by atoms with Crippen molar-refractivity contribution in [2.45, 2.75) is 63.8 Å². The first-order valence-corrected chi connectivity index (χ1v) is 9.31. The average molecular weight is 312 g/mol. The van der Waals surface area contributed by atoms with Gasteiger partial charge in [-0.2, -0.15) is 0 Å². The Morgan fingerprint density at radius 3 is 2.47 bits per heavy atom. The third-order valence-electron chi connectivity index (χ3n) is 3.04. The number of halogens is 1. The minimum atomic E-state index is -3.00. The van der Waals surface area contributed by atoms with Crippen LogP contribution in [-0.4, -0.2) is 55.5 Å². The van der Waals surface area contributed by atoms with Crippen LogP contribution in [0.15, 0.2) is 0 Å². The highest BCUT2D eigenvalue weighted by Crippen LogP contribution is 2.50. The van der Waals surface area contributed by atoms with E-state index in [-0.39, 0.29) is 18.4 Å². The quantitative estimate of drug-likeness (QED) is 0.590. The normalized spacial score (nSPS) is 34.9. The lowest BCUT2D eigenvalue weighted by molar-refractivity contribution is -0.0420. The predicted molar refractivity (Wildman–Crippen MR) is 79.7 cm³/mol. The third kappa shape index (κ3) is 4.76. The molecule has 1 saturated heterocycles. The summed E-state index contributed by atoms with van der Waals surface area (Å²) in [5.74, 6) is 0. The summed E-state index contributed by atoms with van der Waals surface area (Å²) in [6, 6.07) is -0.576. The lowest BCUT2D eigenvalue weighted by Gasteiger charge is -2.27. The summed E-state index contributed by atoms with van der Waals surface area (Å²) >= 11 is 5.07. The standard InChI is InChI=1S/C11H23BFO4PS/c1-6(2)15-5-8-10(9(13)11(12)16-8)17-18(14,19)7(3)4/h6-11H,5,12H2,1-4H3,(H,14,19)/t8-,9-,10-,11-,18?/m1/s1. The Labute approximate surface area is 120 Å². The van der Waals surface area contributed by atoms with Crippen molar-refractivity contribution in [2.24, 2.45) is 0 Å². The first-order chi connectivity index (χ1) is 8.65. The Bertz CT molecular complexity index is 345. The number of hydrogen-bond acceptors (Lipinski definition) is 4. The van der Waals surface area contributed by atoms with E-state index < -0.39 is 30.9 Å². The lowest BCUT2D eigenvalue weighted by Crippen LogP contribution is -2.35. The first-order valence-electron chi connectivity index (χ1n) is 6.57. The maximum atomic E-state index is 14.1. The number of ether oxygens (including phenoxy) is 2. The van der Waals surface area contributed by atoms with E-state index in [2.05, 4.69) is 0 Å². The van der Waals surface area contributed by atoms with Gasteiger partial charge in [0.1, 0.15) is 26.2 Å². The monoisotopic (exact) mass is 312 g/mol. The maximum Gasteiger partial charge on any atom is 0.189 e. The minimum absolute atomic E-state index is 0.0282. The molecule has 1 fully saturated rings. The average Bonchev–Trinajstić information content (AvgIpc) is 2.53. The summed E-state index contributed by atoms with van der Waals surface area (Å²) in [6.45, 7) is 4.56. The molecule has 4 nitrogen and oxygen atoms in total. The molecule has 0 bridgehead atoms. The van der Waals surface area contributed by atoms with Gasteiger partial charge in [0.25, 0.3) is 0 Å². The molecule has 0 aromatic carbocycles. The molecule has 5 atom stereocenters. The van der Waals surface area contributed by atoms with Gasteiger partial charge >= 0.3 is 0 Å². The topological polar surface area (TPSA) is 47.9 Å². The second kappa shape index (κ2) is 6.96. The van der Waals surface area contributed by atoms with Gasteiger partial charge in [0.15, 0.2) is 6.49 Å². The van der Waals surface area contributed by atoms with Gasteiger partial charge in [-0.15, -0.1) is 0 Å². The van der Waals surface area contributed by atoms with Gasteiger partial charge < -0.3 is 18.9 Å². The zero-order valence-corrected chi connectivity index (χ0v) is 13.8. The van der Waals surface area contributed by atoms with Crippen LogP contribution < -0.4 is 0 Å². The molecule has 1 rings (SSSR count). The summed E-state index contributed by atoms with van der Waals surface area (Å²) in [6.07, 6.45) is -2.65. The zero-order valence-electron chi connectivity index (χ0n) is 12.1. The zero-order chi connectivity index (χ0) is 14.8. The molecule has 0 saturated carbocycles. The van der Waals surface area contributed by atoms with Crippen LogP contribution in [0.4, 0.5) is 4.39 Å². The van der Waals surface area contributed by atoms with Crippen molar-refractivity contribution >= 4 is 26.1 Å². The Balaban J connectivity index is 2.72. The van der Waals surface area contributed by atoms with Gasteiger partial charge in [0.05, 0.1) is 18.7 Å². The van der Waals surface area contributed by atoms with Gasteiger partial charge in [0.2, 0.25) is 0 Å². The SMILES string of the molecule is B[C@@H]1O[C@H](COC(C)C)[C@@H](OP(O)(=S)C(C)C)[C@H]1F. The van der Waals surface area contributed by atoms with Crippen LogP contribution in [0.2, 0.25) is 0 Å². The van der Waals surface area contributed by atoms with Crippen LogP contribution in [0, 0.1) is 0 Å². The molecular weight excluding hydrogens is 289 g/mol. The lowest BCUT2D eigenvalue weighted by atomic mass is 9.94. The summed E-state index contributed by atoms with van der Waals surface area (Å²) in [7, 11) is 1.65. The highest BCUT2D eigenvalue weighted by molar-refractivity contribution is 8.09. The summed E-state index contributed by atoms with van der Waals surface area (Å²) < 4.78 is 30.5. The van der Waals surface area contributed by atoms with Gasteiger partial charge in [-0.1, -0.05) is 13.8 Å². The summed E-state index contributed by atoms with van der Waals surface area (Å²) in [5, 5.41) is 0. The maximum absolute atomic E-state index is 14.1. The van der Waals surface area contributed by atoms with Crippen LogP contribution in [0.5, 0.6) is 0 Å². The Hall–Kier alpha value is 0.485. The fraction of sp³-hybridized carbons (Fsp3) is 1.00. The summed E-state index contributed by atoms with van der Waals surface area (Å²) in [5.41, 5.74) is -0.211. The van der Waals surface area contributed by atoms with E-state index in [1.165, 1.54) is 0 Å². The van der Waals surface area contributed by atoms with Crippen LogP contribution >= 0.6 is 6.49 Å². The van der Waals surface area contributed by atoms with Crippen molar-refractivity contribution in [3.63, 3.8) is 0 Å². The van der Waals surface area contributed by atoms with E-state index in [1.54, 1.807) is 21.7 Å². The van der Waals surface area contributed by atoms with Crippen LogP contribution in [0.1, 0.15) is 27.7 Å². The molecule has 8 heteroatoms. The second-order valence-corrected chi connectivity index (χ2v) is 9.38. The minimum Gasteiger partial charge on any atom is -0.376 e. The fourth-order valence-corrected chi connectivity index (χ4v) is 2.89. The molecule has 0 aromatic heterocycles. The van der Waals surface area contributed by atoms with E-state index in [4.69, 9.17) is 25.8 Å². The van der Waals surface area contributed by atoms with E-state index in [0.29, 0.717) is 0 Å². The van der Waals surface area contributed by atoms with Gasteiger partial charge in [-0.25, -0.2) is 4.39 Å². The molecule has 0 amide bonds. The molecule has 0 radical (unpaired) electrons. The second-order valence-electron chi connectivity index (χ2n) is 5.43. The van der Waals surface area contributed by atoms with Crippen LogP contribution in [0.25, 0.3) is 0 Å². The molecule has 1 heterocycles. The van der Waals surface area contributed by atoms with Crippen molar-refractivity contribution < 1.29 is 23.3 Å². The van der Waals surface area contributed by atoms with Crippen molar-refractivity contribution in [1.29, 1.82) is 0 Å². The molecule has 1 N–H and O–H groups in total. The van der Waals surface area contributed by atoms with Gasteiger partial charge in [0, 0.05) is 5.66 Å². The van der Waals surface area contributed by atoms with Gasteiger partial charge in [-0.3, -0.25) is 0 Å². The molecule has 0 aliphatic carbocycles. The van der Waals surface area contributed by atoms with Crippen molar-refractivity contribution in [2.75, 3.05) is 6.61 Å². The third-order valence-corrected chi connectivity index (χ3v) is 6.41. The van der Waals surface area contributed by atoms with E-state index in [1.807, 2.05) is 13.8 Å². The first kappa shape index (κ1) is 17.5. The highest BCUT2D eigenvalue weighted by Gasteiger charge is 2.46. The fourth-order valence-electron chi connectivity index (χ4n) is 1.74. The van der Waals surface area contributed by atoms with Gasteiger partial charge in [-0.05, 0) is 25.7 Å². The van der Waals surface area contributed by atoms with Crippen molar-refractivity contribution in [3.8, 4) is 0 Å². The Kier molecular flexibility index (Phi) is 6.43. The molecule has 0 aromatic rings. The van der Waals surface area contributed by atoms with E-state index in [0.717, 1.165) is 0 Å². The summed E-state index contributed by atoms with van der Waals surface area (Å²) in [4.78, 5) is 10.1. The molecule has 1 aliphatic heterocycles. The molecule has 19 heavy (non-hydrogen) atoms. The number of hydrogen-bond donors (Lipinski definition) is 1. The van der Waals surface area contributed by atoms with E-state index in [9.17, 15) is 9.28 Å². The van der Waals surface area contributed by atoms with Crippen molar-refractivity contribution in [1.82, 2.24) is 0 Å². The van der Waals surface area contributed by atoms with E-state index >= 15 is 0 Å². The molecule has 112 valence electrons. The van der Waals surface area contributed by atoms with Crippen LogP contribution in [0.3, 0.4) is 0 Å². The Morgan fingerprint density at radius 1 is 1.42 bits per heavy atom. The predicted octanol–water partition coefficient (Wildman–Crippen LogP) is 1.20. The Morgan fingerprint density at radius 2 is 2.00 bits per heavy atom. The van der Waals surface area contributed by atoms with Crippen LogP contribution in [-0.2, 0) is 25.8 Å². The van der Waals surface area contributed by atoms with Crippen molar-refractivity contribution in [3.05, 3.63) is 0 Å². The largest absolute Gasteiger partial charge is 0.376 e. The highest BCUT2D eigenvalue weighted by atomic mass is 32.5. The number of alkyl halides is 1. The molecular formula is C11H23BFO4PS.